The Morgan fingerprint density at radius 2 is 1.74 bits per heavy atom. The number of hydrogen-bond acceptors (Lipinski definition) is 4. The third-order valence-electron chi connectivity index (χ3n) is 5.46. The molecular formula is C25H21Cl2N3O4. The summed E-state index contributed by atoms with van der Waals surface area (Å²) in [7, 11) is 1.56. The number of nitrogens with one attached hydrogen (secondary N) is 1. The second-order valence-electron chi connectivity index (χ2n) is 7.66. The number of carbonyl (C=O) groups excluding carboxylic acids is 3. The molecule has 4 amide bonds. The molecule has 174 valence electrons. The molecule has 1 unspecified atom stereocenters. The molecule has 7 nitrogen and oxygen atoms in total. The Kier molecular flexibility index (Phi) is 7.05. The first-order chi connectivity index (χ1) is 16.4. The molecule has 0 spiro atoms. The summed E-state index contributed by atoms with van der Waals surface area (Å²) in [6.45, 7) is 0.101. The highest BCUT2D eigenvalue weighted by molar-refractivity contribution is 6.42. The van der Waals surface area contributed by atoms with Crippen molar-refractivity contribution in [3.63, 3.8) is 0 Å². The van der Waals surface area contributed by atoms with Crippen molar-refractivity contribution in [1.82, 2.24) is 4.90 Å². The lowest BCUT2D eigenvalue weighted by molar-refractivity contribution is -0.122. The topological polar surface area (TPSA) is 79.0 Å². The van der Waals surface area contributed by atoms with E-state index in [-0.39, 0.29) is 23.9 Å². The minimum Gasteiger partial charge on any atom is -0.497 e. The van der Waals surface area contributed by atoms with Crippen LogP contribution in [0.15, 0.2) is 72.8 Å². The molecule has 0 aliphatic carbocycles. The lowest BCUT2D eigenvalue weighted by atomic mass is 10.1. The number of hydrogen-bond donors (Lipinski definition) is 1. The van der Waals surface area contributed by atoms with Gasteiger partial charge >= 0.3 is 6.03 Å². The Morgan fingerprint density at radius 3 is 2.38 bits per heavy atom. The Balaban J connectivity index is 1.63. The van der Waals surface area contributed by atoms with E-state index in [9.17, 15) is 14.4 Å². The summed E-state index contributed by atoms with van der Waals surface area (Å²) in [5.41, 5.74) is 1.65. The number of urea groups is 1. The maximum Gasteiger partial charge on any atom is 0.322 e. The lowest BCUT2D eigenvalue weighted by Gasteiger charge is -2.28. The second kappa shape index (κ2) is 10.2. The van der Waals surface area contributed by atoms with E-state index in [1.807, 2.05) is 0 Å². The van der Waals surface area contributed by atoms with Crippen molar-refractivity contribution in [2.24, 2.45) is 0 Å². The van der Waals surface area contributed by atoms with E-state index >= 15 is 0 Å². The quantitative estimate of drug-likeness (QED) is 0.464. The maximum atomic E-state index is 13.4. The highest BCUT2D eigenvalue weighted by Gasteiger charge is 2.44. The van der Waals surface area contributed by atoms with Gasteiger partial charge in [0.2, 0.25) is 5.91 Å². The minimum absolute atomic E-state index is 0.101. The average Bonchev–Trinajstić information content (AvgIpc) is 3.14. The summed E-state index contributed by atoms with van der Waals surface area (Å²) in [4.78, 5) is 42.0. The van der Waals surface area contributed by atoms with Crippen LogP contribution in [0.5, 0.6) is 5.75 Å². The first kappa shape index (κ1) is 23.6. The third kappa shape index (κ3) is 5.00. The van der Waals surface area contributed by atoms with Crippen molar-refractivity contribution >= 4 is 52.4 Å². The normalized spacial score (nSPS) is 15.4. The van der Waals surface area contributed by atoms with Gasteiger partial charge in [-0.05, 0) is 48.0 Å². The minimum atomic E-state index is -0.974. The molecule has 0 saturated carbocycles. The molecule has 34 heavy (non-hydrogen) atoms. The molecule has 0 radical (unpaired) electrons. The number of anilines is 2. The van der Waals surface area contributed by atoms with Gasteiger partial charge in [0.05, 0.1) is 29.3 Å². The standard InChI is InChI=1S/C25H21Cl2N3O4/c1-34-19-10-7-16(8-11-19)15-29(25(33)28-17-9-12-20(26)21(27)13-17)22-14-23(31)30(24(22)32)18-5-3-2-4-6-18/h2-13,22H,14-15H2,1H3,(H,28,33). The van der Waals surface area contributed by atoms with Gasteiger partial charge in [-0.2, -0.15) is 0 Å². The second-order valence-corrected chi connectivity index (χ2v) is 8.47. The predicted molar refractivity (Wildman–Crippen MR) is 131 cm³/mol. The Hall–Kier alpha value is -3.55. The van der Waals surface area contributed by atoms with Crippen LogP contribution in [0, 0.1) is 0 Å². The molecule has 3 aromatic carbocycles. The molecule has 1 saturated heterocycles. The molecule has 1 aliphatic rings. The van der Waals surface area contributed by atoms with Crippen molar-refractivity contribution < 1.29 is 19.1 Å². The smallest absolute Gasteiger partial charge is 0.322 e. The zero-order valence-electron chi connectivity index (χ0n) is 18.2. The molecular weight excluding hydrogens is 477 g/mol. The number of halogens is 2. The van der Waals surface area contributed by atoms with Gasteiger partial charge in [0, 0.05) is 12.2 Å². The fourth-order valence-electron chi connectivity index (χ4n) is 3.73. The molecule has 1 N–H and O–H groups in total. The van der Waals surface area contributed by atoms with Gasteiger partial charge < -0.3 is 15.0 Å². The van der Waals surface area contributed by atoms with Crippen LogP contribution in [0.3, 0.4) is 0 Å². The van der Waals surface area contributed by atoms with E-state index in [2.05, 4.69) is 5.32 Å². The van der Waals surface area contributed by atoms with E-state index in [1.165, 1.54) is 11.0 Å². The molecule has 1 atom stereocenters. The number of nitrogens with zero attached hydrogens (tertiary/aromatic N) is 2. The Labute approximate surface area is 206 Å². The Morgan fingerprint density at radius 1 is 1.03 bits per heavy atom. The number of para-hydroxylation sites is 1. The number of benzene rings is 3. The van der Waals surface area contributed by atoms with Crippen LogP contribution in [-0.2, 0) is 16.1 Å². The number of ether oxygens (including phenoxy) is 1. The van der Waals surface area contributed by atoms with Crippen molar-refractivity contribution in [3.05, 3.63) is 88.4 Å². The summed E-state index contributed by atoms with van der Waals surface area (Å²) in [6, 6.07) is 19.0. The van der Waals surface area contributed by atoms with E-state index in [0.29, 0.717) is 22.1 Å². The zero-order valence-corrected chi connectivity index (χ0v) is 19.7. The number of imide groups is 1. The van der Waals surface area contributed by atoms with E-state index in [1.54, 1.807) is 73.8 Å². The molecule has 0 bridgehead atoms. The summed E-state index contributed by atoms with van der Waals surface area (Å²) >= 11 is 12.0. The van der Waals surface area contributed by atoms with Crippen molar-refractivity contribution in [3.8, 4) is 5.75 Å². The molecule has 4 rings (SSSR count). The molecule has 1 fully saturated rings. The SMILES string of the molecule is COc1ccc(CN(C(=O)Nc2ccc(Cl)c(Cl)c2)C2CC(=O)N(c3ccccc3)C2=O)cc1. The number of rotatable bonds is 6. The summed E-state index contributed by atoms with van der Waals surface area (Å²) in [5, 5.41) is 3.39. The van der Waals surface area contributed by atoms with Crippen LogP contribution in [0.25, 0.3) is 0 Å². The largest absolute Gasteiger partial charge is 0.497 e. The van der Waals surface area contributed by atoms with E-state index in [0.717, 1.165) is 10.5 Å². The van der Waals surface area contributed by atoms with Crippen LogP contribution >= 0.6 is 23.2 Å². The molecule has 0 aromatic heterocycles. The van der Waals surface area contributed by atoms with Gasteiger partial charge in [0.25, 0.3) is 5.91 Å². The van der Waals surface area contributed by atoms with Gasteiger partial charge in [-0.3, -0.25) is 9.59 Å². The molecule has 9 heteroatoms. The number of carbonyl (C=O) groups is 3. The van der Waals surface area contributed by atoms with Crippen LogP contribution in [0.2, 0.25) is 10.0 Å². The first-order valence-corrected chi connectivity index (χ1v) is 11.2. The molecule has 3 aromatic rings. The maximum absolute atomic E-state index is 13.4. The van der Waals surface area contributed by atoms with Gasteiger partial charge in [-0.1, -0.05) is 53.5 Å². The van der Waals surface area contributed by atoms with Crippen LogP contribution in [0.1, 0.15) is 12.0 Å². The first-order valence-electron chi connectivity index (χ1n) is 10.4. The van der Waals surface area contributed by atoms with Gasteiger partial charge in [0.1, 0.15) is 11.8 Å². The highest BCUT2D eigenvalue weighted by Crippen LogP contribution is 2.29. The van der Waals surface area contributed by atoms with Crippen molar-refractivity contribution in [2.75, 3.05) is 17.3 Å². The number of amides is 4. The fourth-order valence-corrected chi connectivity index (χ4v) is 4.03. The fraction of sp³-hybridized carbons (Fsp3) is 0.160. The zero-order chi connectivity index (χ0) is 24.2. The van der Waals surface area contributed by atoms with E-state index < -0.39 is 18.0 Å². The van der Waals surface area contributed by atoms with Gasteiger partial charge in [-0.25, -0.2) is 9.69 Å². The number of methoxy groups -OCH3 is 1. The van der Waals surface area contributed by atoms with Crippen LogP contribution in [-0.4, -0.2) is 35.9 Å². The molecule has 1 heterocycles. The summed E-state index contributed by atoms with van der Waals surface area (Å²) in [5.74, 6) is -0.171. The Bertz CT molecular complexity index is 1220. The monoisotopic (exact) mass is 497 g/mol. The highest BCUT2D eigenvalue weighted by atomic mass is 35.5. The average molecular weight is 498 g/mol. The summed E-state index contributed by atoms with van der Waals surface area (Å²) in [6.07, 6.45) is -0.126. The molecule has 1 aliphatic heterocycles. The van der Waals surface area contributed by atoms with Gasteiger partial charge in [0.15, 0.2) is 0 Å². The van der Waals surface area contributed by atoms with Gasteiger partial charge in [-0.15, -0.1) is 0 Å². The predicted octanol–water partition coefficient (Wildman–Crippen LogP) is 5.37. The lowest BCUT2D eigenvalue weighted by Crippen LogP contribution is -2.46. The van der Waals surface area contributed by atoms with Crippen LogP contribution < -0.4 is 15.0 Å². The van der Waals surface area contributed by atoms with E-state index in [4.69, 9.17) is 27.9 Å². The third-order valence-corrected chi connectivity index (χ3v) is 6.20. The van der Waals surface area contributed by atoms with Crippen LogP contribution in [0.4, 0.5) is 16.2 Å². The summed E-state index contributed by atoms with van der Waals surface area (Å²) < 4.78 is 5.19. The van der Waals surface area contributed by atoms with Crippen molar-refractivity contribution in [1.29, 1.82) is 0 Å². The van der Waals surface area contributed by atoms with Crippen molar-refractivity contribution in [2.45, 2.75) is 19.0 Å².